The van der Waals surface area contributed by atoms with Gasteiger partial charge < -0.3 is 14.8 Å². The Hall–Kier alpha value is -2.87. The van der Waals surface area contributed by atoms with Gasteiger partial charge in [0.05, 0.1) is 13.7 Å². The van der Waals surface area contributed by atoms with Gasteiger partial charge in [-0.05, 0) is 67.9 Å². The van der Waals surface area contributed by atoms with Crippen molar-refractivity contribution in [1.82, 2.24) is 10.2 Å². The summed E-state index contributed by atoms with van der Waals surface area (Å²) in [5, 5.41) is 2.69. The topological polar surface area (TPSA) is 80.2 Å². The normalized spacial score (nSPS) is 16.6. The van der Waals surface area contributed by atoms with Crippen LogP contribution in [0.4, 0.5) is 4.79 Å². The summed E-state index contributed by atoms with van der Waals surface area (Å²) in [6, 6.07) is 14.0. The highest BCUT2D eigenvalue weighted by Gasteiger charge is 2.44. The third kappa shape index (κ3) is 5.38. The van der Waals surface area contributed by atoms with Gasteiger partial charge in [-0.25, -0.2) is 4.79 Å². The number of imide groups is 1. The highest BCUT2D eigenvalue weighted by molar-refractivity contribution is 9.10. The molecule has 0 unspecified atom stereocenters. The van der Waals surface area contributed by atoms with E-state index in [9.17, 15) is 9.59 Å². The number of nitrogens with zero attached hydrogens (tertiary/aromatic N) is 2. The van der Waals surface area contributed by atoms with Gasteiger partial charge in [-0.3, -0.25) is 14.7 Å². The summed E-state index contributed by atoms with van der Waals surface area (Å²) in [6.45, 7) is 3.70. The predicted molar refractivity (Wildman–Crippen MR) is 118 cm³/mol. The summed E-state index contributed by atoms with van der Waals surface area (Å²) in [7, 11) is 1.61. The minimum Gasteiger partial charge on any atom is -0.497 e. The zero-order valence-corrected chi connectivity index (χ0v) is 18.7. The van der Waals surface area contributed by atoms with E-state index in [1.54, 1.807) is 27.2 Å². The van der Waals surface area contributed by atoms with Crippen LogP contribution >= 0.6 is 15.9 Å². The quantitative estimate of drug-likeness (QED) is 0.457. The molecule has 7 nitrogen and oxygen atoms in total. The number of methoxy groups -OCH3 is 1. The molecule has 0 aromatic heterocycles. The Balaban J connectivity index is 1.74. The van der Waals surface area contributed by atoms with E-state index >= 15 is 0 Å². The van der Waals surface area contributed by atoms with Crippen molar-refractivity contribution in [2.24, 2.45) is 4.99 Å². The Morgan fingerprint density at radius 1 is 1.23 bits per heavy atom. The van der Waals surface area contributed by atoms with Crippen LogP contribution in [0.5, 0.6) is 11.5 Å². The highest BCUT2D eigenvalue weighted by atomic mass is 79.9. The Labute approximate surface area is 184 Å². The number of carbonyl (C=O) groups excluding carboxylic acids is 2. The number of urea groups is 1. The number of rotatable bonds is 8. The zero-order chi connectivity index (χ0) is 21.7. The van der Waals surface area contributed by atoms with Crippen molar-refractivity contribution in [3.8, 4) is 11.5 Å². The Morgan fingerprint density at radius 2 is 1.90 bits per heavy atom. The molecule has 1 heterocycles. The first-order valence-corrected chi connectivity index (χ1v) is 10.3. The van der Waals surface area contributed by atoms with E-state index in [-0.39, 0.29) is 19.1 Å². The van der Waals surface area contributed by atoms with Crippen LogP contribution in [-0.2, 0) is 4.79 Å². The van der Waals surface area contributed by atoms with Crippen LogP contribution in [0.1, 0.15) is 19.4 Å². The summed E-state index contributed by atoms with van der Waals surface area (Å²) in [6.07, 6.45) is 1.71. The standard InChI is InChI=1S/C22H24BrN3O4/c1-22(2)20(27)26(21(28)25-22)13-17(14-30-19-10-6-16(23)7-11-19)24-12-15-4-8-18(29-3)9-5-15/h4-12,17H,13-14H2,1-3H3,(H,25,28)/t17-/m0/s1/i6+2,7+2,10+2,11+2,16+2,19+2. The SMILES string of the molecule is COc1ccc(C=N[C@H](CO[14c]2[14cH][14cH][14c](Br)[14cH][14cH]2)CN2C(=O)NC(C)(C)C2=O)cc1. The van der Waals surface area contributed by atoms with Crippen LogP contribution in [0.25, 0.3) is 0 Å². The summed E-state index contributed by atoms with van der Waals surface area (Å²) >= 11 is 3.39. The van der Waals surface area contributed by atoms with Gasteiger partial charge >= 0.3 is 6.03 Å². The monoisotopic (exact) mass is 485 g/mol. The minimum absolute atomic E-state index is 0.122. The van der Waals surface area contributed by atoms with Crippen molar-refractivity contribution < 1.29 is 19.1 Å². The molecule has 2 aromatic carbocycles. The van der Waals surface area contributed by atoms with Gasteiger partial charge in [0.25, 0.3) is 5.91 Å². The lowest BCUT2D eigenvalue weighted by Gasteiger charge is -2.20. The number of hydrogen-bond acceptors (Lipinski definition) is 5. The summed E-state index contributed by atoms with van der Waals surface area (Å²) < 4.78 is 12.0. The number of halogens is 1. The molecule has 3 amide bonds. The molecule has 2 aromatic rings. The Bertz CT molecular complexity index is 926. The second-order valence-electron chi connectivity index (χ2n) is 7.44. The van der Waals surface area contributed by atoms with Crippen LogP contribution < -0.4 is 14.8 Å². The van der Waals surface area contributed by atoms with E-state index in [1.807, 2.05) is 48.5 Å². The highest BCUT2D eigenvalue weighted by Crippen LogP contribution is 2.19. The van der Waals surface area contributed by atoms with Crippen LogP contribution in [0.15, 0.2) is 58.0 Å². The lowest BCUT2D eigenvalue weighted by Crippen LogP contribution is -2.42. The molecule has 1 aliphatic rings. The average Bonchev–Trinajstić information content (AvgIpc) is 2.92. The molecular formula is C22H24BrN3O4. The zero-order valence-electron chi connectivity index (χ0n) is 17.1. The van der Waals surface area contributed by atoms with Gasteiger partial charge in [0.15, 0.2) is 0 Å². The summed E-state index contributed by atoms with van der Waals surface area (Å²) in [5.41, 5.74) is -0.0459. The molecule has 1 saturated heterocycles. The van der Waals surface area contributed by atoms with Crippen LogP contribution in [0.3, 0.4) is 0 Å². The molecule has 0 bridgehead atoms. The minimum atomic E-state index is -0.923. The molecular weight excluding hydrogens is 462 g/mol. The average molecular weight is 486 g/mol. The van der Waals surface area contributed by atoms with Gasteiger partial charge in [0.1, 0.15) is 29.7 Å². The Kier molecular flexibility index (Phi) is 6.77. The molecule has 1 atom stereocenters. The number of amides is 3. The number of benzene rings is 2. The van der Waals surface area contributed by atoms with Crippen molar-refractivity contribution in [2.75, 3.05) is 20.3 Å². The molecule has 30 heavy (non-hydrogen) atoms. The van der Waals surface area contributed by atoms with E-state index in [0.29, 0.717) is 5.75 Å². The maximum atomic E-state index is 12.6. The van der Waals surface area contributed by atoms with E-state index in [0.717, 1.165) is 15.8 Å². The molecule has 3 rings (SSSR count). The fraction of sp³-hybridized carbons (Fsp3) is 0.318. The molecule has 0 radical (unpaired) electrons. The molecule has 1 aliphatic heterocycles. The molecule has 1 fully saturated rings. The van der Waals surface area contributed by atoms with Crippen LogP contribution in [-0.4, -0.2) is 54.9 Å². The second kappa shape index (κ2) is 9.30. The number of carbonyl (C=O) groups is 2. The third-order valence-electron chi connectivity index (χ3n) is 4.64. The fourth-order valence-electron chi connectivity index (χ4n) is 2.94. The molecule has 0 saturated carbocycles. The number of nitrogens with one attached hydrogen (secondary N) is 1. The summed E-state index contributed by atoms with van der Waals surface area (Å²) in [5.74, 6) is 1.16. The largest absolute Gasteiger partial charge is 0.497 e. The lowest BCUT2D eigenvalue weighted by molar-refractivity contribution is -0.130. The van der Waals surface area contributed by atoms with E-state index in [4.69, 9.17) is 9.47 Å². The lowest BCUT2D eigenvalue weighted by atomic mass is 10.1. The smallest absolute Gasteiger partial charge is 0.325 e. The van der Waals surface area contributed by atoms with E-state index in [1.165, 1.54) is 4.90 Å². The summed E-state index contributed by atoms with van der Waals surface area (Å²) in [4.78, 5) is 30.6. The first-order chi connectivity index (χ1) is 14.3. The Morgan fingerprint density at radius 3 is 2.47 bits per heavy atom. The number of aliphatic imine (C=N–C) groups is 1. The van der Waals surface area contributed by atoms with Gasteiger partial charge in [0, 0.05) is 10.7 Å². The van der Waals surface area contributed by atoms with Gasteiger partial charge in [0.2, 0.25) is 0 Å². The predicted octanol–water partition coefficient (Wildman–Crippen LogP) is 3.65. The van der Waals surface area contributed by atoms with Crippen molar-refractivity contribution in [2.45, 2.75) is 25.4 Å². The molecule has 158 valence electrons. The molecule has 0 aliphatic carbocycles. The number of ether oxygens (including phenoxy) is 2. The van der Waals surface area contributed by atoms with Crippen molar-refractivity contribution >= 4 is 34.1 Å². The van der Waals surface area contributed by atoms with Gasteiger partial charge in [-0.2, -0.15) is 0 Å². The maximum absolute atomic E-state index is 12.6. The van der Waals surface area contributed by atoms with E-state index < -0.39 is 17.6 Å². The number of hydrogen-bond donors (Lipinski definition) is 1. The maximum Gasteiger partial charge on any atom is 0.325 e. The first kappa shape index (κ1) is 21.8. The van der Waals surface area contributed by atoms with Gasteiger partial charge in [-0.1, -0.05) is 15.9 Å². The third-order valence-corrected chi connectivity index (χ3v) is 5.17. The van der Waals surface area contributed by atoms with E-state index in [2.05, 4.69) is 26.2 Å². The molecule has 8 heteroatoms. The van der Waals surface area contributed by atoms with Crippen molar-refractivity contribution in [3.05, 3.63) is 58.6 Å². The molecule has 0 spiro atoms. The van der Waals surface area contributed by atoms with Crippen molar-refractivity contribution in [1.29, 1.82) is 0 Å². The molecule has 1 N–H and O–H groups in total. The van der Waals surface area contributed by atoms with Crippen LogP contribution in [0, 0.1) is 0 Å². The van der Waals surface area contributed by atoms with Crippen molar-refractivity contribution in [3.63, 3.8) is 0 Å². The van der Waals surface area contributed by atoms with Gasteiger partial charge in [-0.15, -0.1) is 0 Å². The van der Waals surface area contributed by atoms with Crippen LogP contribution in [0.2, 0.25) is 0 Å². The second-order valence-corrected chi connectivity index (χ2v) is 8.36. The first-order valence-electron chi connectivity index (χ1n) is 9.48. The fourth-order valence-corrected chi connectivity index (χ4v) is 3.21.